The van der Waals surface area contributed by atoms with Crippen LogP contribution in [0.1, 0.15) is 122 Å². The van der Waals surface area contributed by atoms with Crippen LogP contribution in [0.25, 0.3) is 0 Å². The molecule has 0 spiro atoms. The second kappa shape index (κ2) is 21.7. The molecule has 0 unspecified atom stereocenters. The van der Waals surface area contributed by atoms with Crippen molar-refractivity contribution < 1.29 is 45.6 Å². The van der Waals surface area contributed by atoms with E-state index in [0.717, 1.165) is 41.7 Å². The number of rotatable bonds is 5. The van der Waals surface area contributed by atoms with Crippen molar-refractivity contribution in [1.82, 2.24) is 5.32 Å². The van der Waals surface area contributed by atoms with Crippen LogP contribution in [0.15, 0.2) is 49.1 Å². The molecule has 1 amide bonds. The zero-order valence-corrected chi connectivity index (χ0v) is 31.6. The molecule has 0 aromatic heterocycles. The summed E-state index contributed by atoms with van der Waals surface area (Å²) in [5, 5.41) is 12.0. The lowest BCUT2D eigenvalue weighted by atomic mass is 9.41. The molecule has 4 fully saturated rings. The van der Waals surface area contributed by atoms with Crippen molar-refractivity contribution in [1.29, 1.82) is 1.34 Å². The van der Waals surface area contributed by atoms with E-state index in [4.69, 9.17) is 20.0 Å². The number of aliphatic hydroxyl groups excluding tert-OH is 1. The van der Waals surface area contributed by atoms with Gasteiger partial charge in [0.25, 0.3) is 0 Å². The molecule has 50 heavy (non-hydrogen) atoms. The second-order valence-electron chi connectivity index (χ2n) is 15.2. The monoisotopic (exact) mass is 719 g/mol. The van der Waals surface area contributed by atoms with E-state index in [1.165, 1.54) is 18.9 Å². The maximum absolute atomic E-state index is 11.6. The smallest absolute Gasteiger partial charge is 0.422 e. The number of alkyl carbamates (subject to hydrolysis) is 1. The summed E-state index contributed by atoms with van der Waals surface area (Å²) in [5.41, 5.74) is 7.33. The zero-order chi connectivity index (χ0) is 44.9. The van der Waals surface area contributed by atoms with Gasteiger partial charge in [-0.3, -0.25) is 0 Å². The number of alkyl halides is 3. The SMILES string of the molecule is C=CC(=O)OCC(F)(F)F.[2H]C([2H])=CC(=C)C.[2H]C1([2H])C=C(C)CC[C@H]1NC(=O)OC(C)(C)C.[2H]C1([2H])[C@H](N)CC[C@@H](C)[C@@H]1O.[2H][B][C@H]1C[C@H]2C[C@@H]([C@@H]1C)C2(C)C. The standard InChI is InChI=1S/C12H21NO2.C10H18B.C7H15NO.C5H5F3O2.C5H8/c1-9-5-7-10(8-6-9)13-11(14)15-12(2,3)4;1-6-8-4-7(5-9(6)11)10(8,2)3;1-5-2-3-6(8)4-7(5)9;1-2-4(9)10-3-5(6,7)8;1-4-5(2)3/h5,10H,6-8H2,1-4H3,(H,13,14);6-9,11H,4-5H2,1-3H3;5-7,9H,2-4,8H2,1H3;2H,1,3H2;4H,1-2H2,3H3/t10-;6-,7+,8-,9-;5-,6-,7-;;/m001../s1/i7D2;11D;4D2;;1D2. The molecule has 5 aliphatic carbocycles. The Morgan fingerprint density at radius 3 is 2.28 bits per heavy atom. The summed E-state index contributed by atoms with van der Waals surface area (Å²) in [5.74, 6) is 2.10. The van der Waals surface area contributed by atoms with Gasteiger partial charge in [-0.25, -0.2) is 9.59 Å². The average molecular weight is 719 g/mol. The summed E-state index contributed by atoms with van der Waals surface area (Å²) in [6, 6.07) is -1.02. The summed E-state index contributed by atoms with van der Waals surface area (Å²) < 4.78 is 93.6. The molecule has 0 heterocycles. The van der Waals surface area contributed by atoms with Crippen LogP contribution in [0.4, 0.5) is 18.0 Å². The van der Waals surface area contributed by atoms with E-state index in [0.29, 0.717) is 30.1 Å². The first-order valence-corrected chi connectivity index (χ1v) is 17.2. The molecule has 0 aromatic carbocycles. The molecule has 1 radical (unpaired) electrons. The van der Waals surface area contributed by atoms with Crippen molar-refractivity contribution in [2.45, 2.75) is 149 Å². The molecule has 0 aliphatic heterocycles. The molecule has 0 aromatic rings. The van der Waals surface area contributed by atoms with Gasteiger partial charge in [0.15, 0.2) is 6.61 Å². The number of fused-ring (bicyclic) bond motifs is 2. The molecule has 2 bridgehead atoms. The Morgan fingerprint density at radius 2 is 1.86 bits per heavy atom. The van der Waals surface area contributed by atoms with Gasteiger partial charge in [-0.05, 0) is 110 Å². The van der Waals surface area contributed by atoms with E-state index < -0.39 is 61.4 Å². The molecule has 287 valence electrons. The highest BCUT2D eigenvalue weighted by Crippen LogP contribution is 2.63. The van der Waals surface area contributed by atoms with Gasteiger partial charge < -0.3 is 25.6 Å². The third kappa shape index (κ3) is 19.8. The number of amides is 1. The summed E-state index contributed by atoms with van der Waals surface area (Å²) in [4.78, 5) is 21.6. The topological polar surface area (TPSA) is 111 Å². The summed E-state index contributed by atoms with van der Waals surface area (Å²) >= 11 is 0. The minimum absolute atomic E-state index is 0.0322. The Morgan fingerprint density at radius 1 is 1.22 bits per heavy atom. The predicted molar refractivity (Wildman–Crippen MR) is 200 cm³/mol. The zero-order valence-electron chi connectivity index (χ0n) is 38.6. The lowest BCUT2D eigenvalue weighted by Gasteiger charge is -2.62. The number of carbonyl (C=O) groups excluding carboxylic acids is 2. The third-order valence-corrected chi connectivity index (χ3v) is 9.11. The number of nitrogens with one attached hydrogen (secondary N) is 1. The van der Waals surface area contributed by atoms with Crippen LogP contribution >= 0.6 is 0 Å². The van der Waals surface area contributed by atoms with Crippen molar-refractivity contribution in [3.05, 3.63) is 49.1 Å². The van der Waals surface area contributed by atoms with Gasteiger partial charge in [0.05, 0.1) is 16.7 Å². The molecule has 5 aliphatic rings. The first-order chi connectivity index (χ1) is 25.7. The molecule has 11 heteroatoms. The Labute approximate surface area is 312 Å². The number of hydrogen-bond donors (Lipinski definition) is 3. The number of carbonyl (C=O) groups is 2. The highest BCUT2D eigenvalue weighted by atomic mass is 19.4. The maximum atomic E-state index is 11.6. The number of allylic oxidation sites excluding steroid dienone is 3. The number of hydrogen-bond acceptors (Lipinski definition) is 6. The van der Waals surface area contributed by atoms with Crippen molar-refractivity contribution in [3.8, 4) is 0 Å². The van der Waals surface area contributed by atoms with Crippen LogP contribution < -0.4 is 11.1 Å². The fraction of sp³-hybridized carbons (Fsp3) is 0.744. The van der Waals surface area contributed by atoms with Gasteiger partial charge in [-0.2, -0.15) is 13.2 Å². The molecular weight excluding hydrogens is 644 g/mol. The number of ether oxygens (including phenoxy) is 2. The molecule has 7 nitrogen and oxygen atoms in total. The van der Waals surface area contributed by atoms with Crippen LogP contribution in [0.2, 0.25) is 5.82 Å². The van der Waals surface area contributed by atoms with Gasteiger partial charge in [0, 0.05) is 23.6 Å². The van der Waals surface area contributed by atoms with Crippen molar-refractivity contribution in [2.24, 2.45) is 34.8 Å². The van der Waals surface area contributed by atoms with Crippen LogP contribution in [0.5, 0.6) is 0 Å². The molecule has 4 N–H and O–H groups in total. The summed E-state index contributed by atoms with van der Waals surface area (Å²) in [6.45, 7) is 22.7. The fourth-order valence-electron chi connectivity index (χ4n) is 5.80. The van der Waals surface area contributed by atoms with Crippen molar-refractivity contribution >= 4 is 19.9 Å². The third-order valence-electron chi connectivity index (χ3n) is 9.11. The van der Waals surface area contributed by atoms with Gasteiger partial charge in [0.2, 0.25) is 0 Å². The lowest BCUT2D eigenvalue weighted by Crippen LogP contribution is -2.53. The number of halogens is 3. The van der Waals surface area contributed by atoms with Gasteiger partial charge in [-0.15, -0.1) is 0 Å². The normalized spacial score (nSPS) is 33.1. The van der Waals surface area contributed by atoms with Crippen molar-refractivity contribution in [2.75, 3.05) is 6.61 Å². The molecule has 5 rings (SSSR count). The van der Waals surface area contributed by atoms with E-state index in [2.05, 4.69) is 44.0 Å². The van der Waals surface area contributed by atoms with Gasteiger partial charge in [-0.1, -0.05) is 82.9 Å². The van der Waals surface area contributed by atoms with E-state index >= 15 is 0 Å². The first kappa shape index (κ1) is 35.9. The molecule has 8 atom stereocenters. The molecule has 0 saturated heterocycles. The minimum atomic E-state index is -4.46. The second-order valence-corrected chi connectivity index (χ2v) is 15.2. The predicted octanol–water partition coefficient (Wildman–Crippen LogP) is 8.91. The maximum Gasteiger partial charge on any atom is 0.422 e. The van der Waals surface area contributed by atoms with Crippen LogP contribution in [0.3, 0.4) is 0 Å². The number of esters is 1. The van der Waals surface area contributed by atoms with Gasteiger partial charge >= 0.3 is 18.2 Å². The Balaban J connectivity index is 0.000000708. The van der Waals surface area contributed by atoms with Crippen molar-refractivity contribution in [3.63, 3.8) is 0 Å². The fourth-order valence-corrected chi connectivity index (χ4v) is 5.80. The molecular formula is C39H67BF3N2O5. The van der Waals surface area contributed by atoms with E-state index in [-0.39, 0.29) is 12.4 Å². The largest absolute Gasteiger partial charge is 0.453 e. The van der Waals surface area contributed by atoms with E-state index in [9.17, 15) is 27.9 Å². The van der Waals surface area contributed by atoms with Gasteiger partial charge in [0.1, 0.15) is 5.60 Å². The number of nitrogens with two attached hydrogens (primary N) is 1. The van der Waals surface area contributed by atoms with E-state index in [1.807, 2.05) is 13.8 Å². The summed E-state index contributed by atoms with van der Waals surface area (Å²) in [6.07, 6.45) is 0.235. The highest BCUT2D eigenvalue weighted by molar-refractivity contribution is 6.12. The lowest BCUT2D eigenvalue weighted by molar-refractivity contribution is -0.182. The minimum Gasteiger partial charge on any atom is -0.453 e. The Hall–Kier alpha value is -2.53. The average Bonchev–Trinajstić information content (AvgIpc) is 3.05. The Bertz CT molecular complexity index is 1390. The molecule has 4 saturated carbocycles. The highest BCUT2D eigenvalue weighted by Gasteiger charge is 2.54. The van der Waals surface area contributed by atoms with Crippen LogP contribution in [0, 0.1) is 29.1 Å². The van der Waals surface area contributed by atoms with Crippen LogP contribution in [-0.4, -0.2) is 62.9 Å². The van der Waals surface area contributed by atoms with E-state index in [1.54, 1.807) is 41.6 Å². The van der Waals surface area contributed by atoms with Crippen LogP contribution in [-0.2, 0) is 14.3 Å². The number of aliphatic hydroxyl groups is 1. The Kier molecular flexibility index (Phi) is 15.6. The first-order valence-electron chi connectivity index (χ1n) is 20.8. The quantitative estimate of drug-likeness (QED) is 0.0861. The summed E-state index contributed by atoms with van der Waals surface area (Å²) in [7, 11) is 1.68.